The molecule has 0 aliphatic carbocycles. The van der Waals surface area contributed by atoms with Gasteiger partial charge in [0.2, 0.25) is 0 Å². The molecule has 15 heavy (non-hydrogen) atoms. The lowest BCUT2D eigenvalue weighted by Gasteiger charge is -2.03. The van der Waals surface area contributed by atoms with Crippen molar-refractivity contribution in [3.8, 4) is 0 Å². The SMILES string of the molecule is NCc1[nH]ccc2cnc3ncnc3c12. The molecule has 0 aliphatic heterocycles. The van der Waals surface area contributed by atoms with E-state index in [9.17, 15) is 0 Å². The van der Waals surface area contributed by atoms with Gasteiger partial charge in [0.15, 0.2) is 5.65 Å². The van der Waals surface area contributed by atoms with Gasteiger partial charge in [-0.2, -0.15) is 0 Å². The number of nitrogens with zero attached hydrogens (tertiary/aromatic N) is 3. The van der Waals surface area contributed by atoms with Crippen molar-refractivity contribution in [2.24, 2.45) is 5.73 Å². The minimum Gasteiger partial charge on any atom is -0.363 e. The highest BCUT2D eigenvalue weighted by Gasteiger charge is 2.07. The summed E-state index contributed by atoms with van der Waals surface area (Å²) in [7, 11) is 0. The molecule has 0 atom stereocenters. The van der Waals surface area contributed by atoms with Crippen molar-refractivity contribution < 1.29 is 0 Å². The molecule has 0 saturated carbocycles. The van der Waals surface area contributed by atoms with E-state index in [1.54, 1.807) is 6.20 Å². The van der Waals surface area contributed by atoms with Gasteiger partial charge in [-0.15, -0.1) is 0 Å². The van der Waals surface area contributed by atoms with Crippen LogP contribution in [-0.4, -0.2) is 19.9 Å². The van der Waals surface area contributed by atoms with Crippen LogP contribution in [0.25, 0.3) is 21.9 Å². The first-order chi connectivity index (χ1) is 7.40. The number of hydrogen-bond donors (Lipinski definition) is 2. The molecule has 3 N–H and O–H groups in total. The van der Waals surface area contributed by atoms with E-state index >= 15 is 0 Å². The monoisotopic (exact) mass is 199 g/mol. The second kappa shape index (κ2) is 2.99. The smallest absolute Gasteiger partial charge is 0.180 e. The molecule has 0 fully saturated rings. The third-order valence-electron chi connectivity index (χ3n) is 2.46. The van der Waals surface area contributed by atoms with Gasteiger partial charge in [0.25, 0.3) is 0 Å². The van der Waals surface area contributed by atoms with Gasteiger partial charge in [-0.25, -0.2) is 15.0 Å². The maximum Gasteiger partial charge on any atom is 0.180 e. The Morgan fingerprint density at radius 1 is 1.27 bits per heavy atom. The van der Waals surface area contributed by atoms with Crippen LogP contribution in [0.2, 0.25) is 0 Å². The minimum atomic E-state index is 0.448. The van der Waals surface area contributed by atoms with E-state index in [0.29, 0.717) is 12.2 Å². The summed E-state index contributed by atoms with van der Waals surface area (Å²) in [6.07, 6.45) is 5.16. The lowest BCUT2D eigenvalue weighted by atomic mass is 10.1. The second-order valence-corrected chi connectivity index (χ2v) is 3.29. The van der Waals surface area contributed by atoms with E-state index in [1.807, 2.05) is 12.3 Å². The number of hydrogen-bond acceptors (Lipinski definition) is 4. The van der Waals surface area contributed by atoms with Gasteiger partial charge in [0, 0.05) is 35.4 Å². The van der Waals surface area contributed by atoms with Crippen LogP contribution < -0.4 is 5.73 Å². The molecule has 5 heteroatoms. The van der Waals surface area contributed by atoms with Crippen LogP contribution in [0.5, 0.6) is 0 Å². The third kappa shape index (κ3) is 1.10. The van der Waals surface area contributed by atoms with E-state index < -0.39 is 0 Å². The zero-order chi connectivity index (χ0) is 10.3. The molecule has 3 aromatic heterocycles. The Labute approximate surface area is 85.4 Å². The van der Waals surface area contributed by atoms with Crippen molar-refractivity contribution in [2.75, 3.05) is 0 Å². The predicted molar refractivity (Wildman–Crippen MR) is 57.1 cm³/mol. The Balaban J connectivity index is 2.58. The number of nitrogens with one attached hydrogen (secondary N) is 1. The van der Waals surface area contributed by atoms with Gasteiger partial charge in [-0.1, -0.05) is 0 Å². The number of aromatic amines is 1. The molecular weight excluding hydrogens is 190 g/mol. The van der Waals surface area contributed by atoms with Gasteiger partial charge < -0.3 is 10.7 Å². The summed E-state index contributed by atoms with van der Waals surface area (Å²) in [6.45, 7) is 0.448. The zero-order valence-corrected chi connectivity index (χ0v) is 7.94. The van der Waals surface area contributed by atoms with Crippen molar-refractivity contribution in [1.29, 1.82) is 0 Å². The Morgan fingerprint density at radius 2 is 2.20 bits per heavy atom. The van der Waals surface area contributed by atoms with Gasteiger partial charge in [0.05, 0.1) is 0 Å². The normalized spacial score (nSPS) is 11.3. The Morgan fingerprint density at radius 3 is 3.07 bits per heavy atom. The molecule has 0 amide bonds. The fourth-order valence-corrected chi connectivity index (χ4v) is 1.77. The van der Waals surface area contributed by atoms with Gasteiger partial charge in [0.1, 0.15) is 11.8 Å². The van der Waals surface area contributed by atoms with Crippen LogP contribution in [0.1, 0.15) is 5.69 Å². The zero-order valence-electron chi connectivity index (χ0n) is 7.94. The van der Waals surface area contributed by atoms with E-state index in [-0.39, 0.29) is 0 Å². The first-order valence-corrected chi connectivity index (χ1v) is 4.66. The van der Waals surface area contributed by atoms with Crippen LogP contribution in [0.4, 0.5) is 0 Å². The molecule has 3 rings (SSSR count). The van der Waals surface area contributed by atoms with Gasteiger partial charge in [-0.05, 0) is 6.07 Å². The van der Waals surface area contributed by atoms with Crippen LogP contribution >= 0.6 is 0 Å². The molecule has 0 aliphatic rings. The lowest BCUT2D eigenvalue weighted by molar-refractivity contribution is 1.01. The minimum absolute atomic E-state index is 0.448. The average Bonchev–Trinajstić information content (AvgIpc) is 2.76. The molecule has 0 bridgehead atoms. The van der Waals surface area contributed by atoms with Crippen LogP contribution in [0, 0.1) is 0 Å². The molecule has 3 heterocycles. The van der Waals surface area contributed by atoms with Gasteiger partial charge >= 0.3 is 0 Å². The molecular formula is C10H9N5. The summed E-state index contributed by atoms with van der Waals surface area (Å²) in [4.78, 5) is 15.6. The highest BCUT2D eigenvalue weighted by molar-refractivity contribution is 6.03. The highest BCUT2D eigenvalue weighted by atomic mass is 14.9. The fourth-order valence-electron chi connectivity index (χ4n) is 1.77. The maximum atomic E-state index is 5.68. The number of rotatable bonds is 1. The van der Waals surface area contributed by atoms with Crippen LogP contribution in [0.15, 0.2) is 24.8 Å². The van der Waals surface area contributed by atoms with Crippen LogP contribution in [-0.2, 0) is 6.54 Å². The molecule has 0 spiro atoms. The Hall–Kier alpha value is -2.01. The first-order valence-electron chi connectivity index (χ1n) is 4.66. The fraction of sp³-hybridized carbons (Fsp3) is 0.100. The second-order valence-electron chi connectivity index (χ2n) is 3.29. The number of fused-ring (bicyclic) bond motifs is 3. The molecule has 3 aromatic rings. The van der Waals surface area contributed by atoms with E-state index in [1.165, 1.54) is 6.33 Å². The maximum absolute atomic E-state index is 5.68. The largest absolute Gasteiger partial charge is 0.363 e. The predicted octanol–water partition coefficient (Wildman–Crippen LogP) is 0.965. The van der Waals surface area contributed by atoms with Crippen molar-refractivity contribution in [2.45, 2.75) is 6.54 Å². The number of pyridine rings is 2. The summed E-state index contributed by atoms with van der Waals surface area (Å²) in [5.41, 5.74) is 8.11. The molecule has 0 aromatic carbocycles. The van der Waals surface area contributed by atoms with E-state index in [2.05, 4.69) is 19.9 Å². The number of aromatic nitrogens is 4. The summed E-state index contributed by atoms with van der Waals surface area (Å²) in [6, 6.07) is 1.95. The Bertz CT molecular complexity index is 628. The number of imidazole rings is 1. The number of nitrogens with two attached hydrogens (primary N) is 1. The Kier molecular flexibility index (Phi) is 1.66. The molecule has 0 unspecified atom stereocenters. The van der Waals surface area contributed by atoms with Gasteiger partial charge in [-0.3, -0.25) is 0 Å². The molecule has 0 saturated heterocycles. The standard InChI is InChI=1S/C10H9N5/c11-3-7-8-6(1-2-12-7)4-13-10-9(8)14-5-15-10/h1-2,4-5,12H,3,11H2. The topological polar surface area (TPSA) is 80.5 Å². The van der Waals surface area contributed by atoms with Crippen molar-refractivity contribution in [3.05, 3.63) is 30.5 Å². The lowest BCUT2D eigenvalue weighted by Crippen LogP contribution is -2.00. The van der Waals surface area contributed by atoms with Crippen molar-refractivity contribution in [1.82, 2.24) is 19.9 Å². The summed E-state index contributed by atoms with van der Waals surface area (Å²) >= 11 is 0. The molecule has 74 valence electrons. The van der Waals surface area contributed by atoms with Crippen molar-refractivity contribution in [3.63, 3.8) is 0 Å². The average molecular weight is 199 g/mol. The molecule has 0 radical (unpaired) electrons. The van der Waals surface area contributed by atoms with Crippen LogP contribution in [0.3, 0.4) is 0 Å². The highest BCUT2D eigenvalue weighted by Crippen LogP contribution is 2.22. The molecule has 5 nitrogen and oxygen atoms in total. The third-order valence-corrected chi connectivity index (χ3v) is 2.46. The van der Waals surface area contributed by atoms with Crippen molar-refractivity contribution >= 4 is 21.9 Å². The van der Waals surface area contributed by atoms with E-state index in [0.717, 1.165) is 22.0 Å². The van der Waals surface area contributed by atoms with E-state index in [4.69, 9.17) is 5.73 Å². The summed E-state index contributed by atoms with van der Waals surface area (Å²) in [5, 5.41) is 2.05. The summed E-state index contributed by atoms with van der Waals surface area (Å²) < 4.78 is 0. The summed E-state index contributed by atoms with van der Waals surface area (Å²) in [5.74, 6) is 0. The first kappa shape index (κ1) is 8.31. The quantitative estimate of drug-likeness (QED) is 0.611. The number of H-pyrrole nitrogens is 1.